The number of unbranched alkanes of at least 4 members (excludes halogenated alkanes) is 3. The Bertz CT molecular complexity index is 4250. The predicted molar refractivity (Wildman–Crippen MR) is 373 cm³/mol. The van der Waals surface area contributed by atoms with E-state index in [4.69, 9.17) is 36.5 Å². The van der Waals surface area contributed by atoms with E-state index in [1.807, 2.05) is 60.7 Å². The van der Waals surface area contributed by atoms with Gasteiger partial charge in [-0.05, 0) is 191 Å². The van der Waals surface area contributed by atoms with Crippen molar-refractivity contribution in [3.63, 3.8) is 0 Å². The van der Waals surface area contributed by atoms with Gasteiger partial charge in [-0.25, -0.2) is 37.7 Å². The molecule has 0 aliphatic heterocycles. The van der Waals surface area contributed by atoms with Crippen molar-refractivity contribution in [2.45, 2.75) is 168 Å². The maximum atomic E-state index is 13.6. The molecule has 103 heavy (non-hydrogen) atoms. The molecule has 0 heterocycles. The number of amides is 4. The minimum atomic E-state index is -4.88. The predicted octanol–water partition coefficient (Wildman–Crippen LogP) is 18.3. The van der Waals surface area contributed by atoms with Crippen LogP contribution < -0.4 is 16.0 Å². The quantitative estimate of drug-likeness (QED) is 0.0207. The van der Waals surface area contributed by atoms with Gasteiger partial charge in [0, 0.05) is 90.8 Å². The summed E-state index contributed by atoms with van der Waals surface area (Å²) in [4.78, 5) is 65.5. The number of anilines is 2. The first-order valence-electron chi connectivity index (χ1n) is 35.2. The van der Waals surface area contributed by atoms with Gasteiger partial charge in [0.2, 0.25) is 0 Å². The lowest BCUT2D eigenvalue weighted by Crippen LogP contribution is -2.44. The van der Waals surface area contributed by atoms with Crippen LogP contribution >= 0.6 is 0 Å². The number of aliphatic hydroxyl groups excluding tert-OH is 2. The van der Waals surface area contributed by atoms with Gasteiger partial charge in [-0.3, -0.25) is 4.79 Å². The van der Waals surface area contributed by atoms with Crippen LogP contribution in [0, 0.1) is 61.6 Å². The summed E-state index contributed by atoms with van der Waals surface area (Å²) in [5.74, 6) is -0.905. The molecule has 14 rings (SSSR count). The Morgan fingerprint density at radius 3 is 1.25 bits per heavy atom. The summed E-state index contributed by atoms with van der Waals surface area (Å²) >= 11 is 0. The third kappa shape index (κ3) is 16.2. The number of nitrogens with one attached hydrogen (secondary N) is 3. The van der Waals surface area contributed by atoms with Gasteiger partial charge >= 0.3 is 24.4 Å². The van der Waals surface area contributed by atoms with E-state index in [-0.39, 0.29) is 77.0 Å². The molecule has 538 valence electrons. The first kappa shape index (κ1) is 74.7. The lowest BCUT2D eigenvalue weighted by molar-refractivity contribution is -0.140. The van der Waals surface area contributed by atoms with E-state index in [0.717, 1.165) is 118 Å². The molecule has 0 bridgehead atoms. The minimum Gasteiger partial charge on any atom is -0.396 e. The summed E-state index contributed by atoms with van der Waals surface area (Å²) in [6.45, 7) is 30.1. The zero-order valence-corrected chi connectivity index (χ0v) is 56.8. The average Bonchev–Trinajstić information content (AvgIpc) is 1.54. The molecular formula is C80H81F8N9O6. The molecule has 5 N–H and O–H groups in total. The van der Waals surface area contributed by atoms with Gasteiger partial charge in [0.25, 0.3) is 0 Å². The zero-order chi connectivity index (χ0) is 73.5. The number of carbonyl (C=O) groups is 4. The van der Waals surface area contributed by atoms with Crippen LogP contribution in [0.4, 0.5) is 78.8 Å². The van der Waals surface area contributed by atoms with Crippen molar-refractivity contribution in [2.75, 3.05) is 43.5 Å². The van der Waals surface area contributed by atoms with Gasteiger partial charge in [0.15, 0.2) is 22.7 Å². The lowest BCUT2D eigenvalue weighted by Gasteiger charge is -2.30. The number of alkyl halides is 6. The SMILES string of the molecule is [C-]#[N+]c1ccc(C23CCC(=O)C2C3)cc1.[C-]#[N+]c1ccc(C23CCC(N(CCCC=O)C(=O)Nc4ccc(F)c(C(F)(F)F)c4)C2C3)cc1.[C-]#[N+]c1ccc(C23CCC(N(CCCCO)C(=O)Nc4ccc(F)c(C(F)(F)F)c4)C2C3)cc1.[C-]#[N+]c1ccc(C23CCC(NCCCCO)C2C3)cc1. The van der Waals surface area contributed by atoms with Gasteiger partial charge in [-0.15, -0.1) is 0 Å². The number of fused-ring (bicyclic) bond motifs is 4. The van der Waals surface area contributed by atoms with Gasteiger partial charge in [0.1, 0.15) is 23.7 Å². The summed E-state index contributed by atoms with van der Waals surface area (Å²) in [6.07, 6.45) is 6.30. The highest BCUT2D eigenvalue weighted by atomic mass is 19.4. The Balaban J connectivity index is 0.000000144. The molecule has 23 heteroatoms. The molecule has 8 fully saturated rings. The van der Waals surface area contributed by atoms with Gasteiger partial charge in [-0.1, -0.05) is 97.1 Å². The van der Waals surface area contributed by atoms with Crippen LogP contribution in [0.1, 0.15) is 149 Å². The minimum absolute atomic E-state index is 0.0200. The van der Waals surface area contributed by atoms with Crippen molar-refractivity contribution in [2.24, 2.45) is 23.7 Å². The number of urea groups is 2. The lowest BCUT2D eigenvalue weighted by atomic mass is 9.93. The Morgan fingerprint density at radius 1 is 0.505 bits per heavy atom. The fourth-order valence-corrected chi connectivity index (χ4v) is 17.2. The molecule has 0 aromatic heterocycles. The van der Waals surface area contributed by atoms with Gasteiger partial charge in [-0.2, -0.15) is 26.3 Å². The Labute approximate surface area is 594 Å². The molecule has 11 atom stereocenters. The standard InChI is InChI=1S/C25H25F4N3O2.C25H23F4N3O2.C17H22N2O.C13H11NO/c2*1-30-17-6-4-16(5-7-17)24-11-10-22(20(24)15-24)32(12-2-3-13-33)23(34)31-18-8-9-21(26)19(14-18)25(27,28)29;1-18-14-6-4-13(5-7-14)17-9-8-16(15(17)12-17)19-10-2-3-11-20;1-14-10-4-2-9(3-5-10)13-7-6-12(15)11(13)8-13/h4-9,14,20,22,33H,2-3,10-13,15H2,(H,31,34);4-9,13-14,20,22H,2-3,10-12,15H2,(H,31,34);4-7,15-16,19-20H,2-3,8-12H2;2-5,11H,6-8H2. The normalized spacial score (nSPS) is 25.9. The molecule has 8 aliphatic rings. The maximum absolute atomic E-state index is 13.6. The zero-order valence-electron chi connectivity index (χ0n) is 56.8. The summed E-state index contributed by atoms with van der Waals surface area (Å²) in [5.41, 5.74) is 4.76. The summed E-state index contributed by atoms with van der Waals surface area (Å²) < 4.78 is 106. The maximum Gasteiger partial charge on any atom is 0.419 e. The van der Waals surface area contributed by atoms with E-state index >= 15 is 0 Å². The summed E-state index contributed by atoms with van der Waals surface area (Å²) in [6, 6.07) is 35.0. The first-order valence-corrected chi connectivity index (χ1v) is 35.2. The number of aldehydes is 1. The molecule has 11 unspecified atom stereocenters. The molecular weight excluding hydrogens is 1330 g/mol. The van der Waals surface area contributed by atoms with Crippen LogP contribution in [-0.4, -0.2) is 95.1 Å². The van der Waals surface area contributed by atoms with Gasteiger partial charge in [0.05, 0.1) is 37.4 Å². The molecule has 8 saturated carbocycles. The van der Waals surface area contributed by atoms with E-state index in [1.54, 1.807) is 34.1 Å². The van der Waals surface area contributed by atoms with E-state index in [1.165, 1.54) is 30.4 Å². The van der Waals surface area contributed by atoms with E-state index in [2.05, 4.69) is 47.5 Å². The number of benzene rings is 6. The third-order valence-electron chi connectivity index (χ3n) is 22.9. The number of hydrogen-bond donors (Lipinski definition) is 5. The second kappa shape index (κ2) is 31.2. The number of Topliss-reactive ketones (excluding diaryl/α,β-unsaturated/α-hetero) is 1. The Kier molecular flexibility index (Phi) is 22.6. The van der Waals surface area contributed by atoms with Crippen LogP contribution in [-0.2, 0) is 43.6 Å². The topological polar surface area (TPSA) is 169 Å². The highest BCUT2D eigenvalue weighted by Crippen LogP contribution is 2.68. The number of carbonyl (C=O) groups excluding carboxylic acids is 4. The molecule has 8 aliphatic carbocycles. The van der Waals surface area contributed by atoms with Crippen LogP contribution in [0.5, 0.6) is 0 Å². The molecule has 0 spiro atoms. The number of rotatable bonds is 21. The second-order valence-corrected chi connectivity index (χ2v) is 28.5. The van der Waals surface area contributed by atoms with E-state index < -0.39 is 47.2 Å². The number of ketones is 1. The van der Waals surface area contributed by atoms with Crippen LogP contribution in [0.2, 0.25) is 0 Å². The molecule has 0 saturated heterocycles. The van der Waals surface area contributed by atoms with Crippen LogP contribution in [0.15, 0.2) is 133 Å². The van der Waals surface area contributed by atoms with Crippen molar-refractivity contribution in [1.82, 2.24) is 15.1 Å². The number of hydrogen-bond acceptors (Lipinski definition) is 7. The van der Waals surface area contributed by atoms with Crippen molar-refractivity contribution in [3.8, 4) is 0 Å². The van der Waals surface area contributed by atoms with Crippen LogP contribution in [0.25, 0.3) is 19.4 Å². The molecule has 6 aromatic rings. The van der Waals surface area contributed by atoms with Crippen molar-refractivity contribution >= 4 is 58.3 Å². The highest BCUT2D eigenvalue weighted by Gasteiger charge is 2.66. The Hall–Kier alpha value is -9.52. The third-order valence-corrected chi connectivity index (χ3v) is 22.9. The Morgan fingerprint density at radius 2 is 0.893 bits per heavy atom. The van der Waals surface area contributed by atoms with E-state index in [9.17, 15) is 54.3 Å². The fourth-order valence-electron chi connectivity index (χ4n) is 17.2. The molecule has 4 amide bonds. The highest BCUT2D eigenvalue weighted by molar-refractivity contribution is 5.91. The molecule has 0 radical (unpaired) electrons. The largest absolute Gasteiger partial charge is 0.419 e. The summed E-state index contributed by atoms with van der Waals surface area (Å²) in [7, 11) is 0. The summed E-state index contributed by atoms with van der Waals surface area (Å²) in [5, 5.41) is 26.6. The smallest absolute Gasteiger partial charge is 0.396 e. The number of nitrogens with zero attached hydrogens (tertiary/aromatic N) is 6. The number of aliphatic hydroxyl groups is 2. The van der Waals surface area contributed by atoms with E-state index in [0.29, 0.717) is 91.0 Å². The fraction of sp³-hybridized carbons (Fsp3) is 0.450. The first-order chi connectivity index (χ1) is 49.4. The van der Waals surface area contributed by atoms with Crippen molar-refractivity contribution in [1.29, 1.82) is 0 Å². The monoisotopic (exact) mass is 1420 g/mol. The van der Waals surface area contributed by atoms with Crippen molar-refractivity contribution < 1.29 is 64.5 Å². The van der Waals surface area contributed by atoms with Gasteiger partial charge < -0.3 is 40.8 Å². The molecule has 15 nitrogen and oxygen atoms in total. The number of halogens is 8. The average molecular weight is 1420 g/mol. The molecule has 6 aromatic carbocycles. The second-order valence-electron chi connectivity index (χ2n) is 28.5. The van der Waals surface area contributed by atoms with Crippen LogP contribution in [0.3, 0.4) is 0 Å². The van der Waals surface area contributed by atoms with Crippen molar-refractivity contribution in [3.05, 3.63) is 224 Å².